The average Bonchev–Trinajstić information content (AvgIpc) is 2.58. The topological polar surface area (TPSA) is 71.4 Å². The van der Waals surface area contributed by atoms with Gasteiger partial charge in [0.05, 0.1) is 0 Å². The normalized spacial score (nSPS) is 12.9. The van der Waals surface area contributed by atoms with Crippen molar-refractivity contribution in [2.24, 2.45) is 0 Å². The predicted octanol–water partition coefficient (Wildman–Crippen LogP) is 2.06. The molecule has 1 aliphatic carbocycles. The van der Waals surface area contributed by atoms with Gasteiger partial charge in [0.25, 0.3) is 0 Å². The minimum atomic E-state index is 0.0324. The number of allylic oxidation sites excluding steroid dienone is 2. The van der Waals surface area contributed by atoms with E-state index in [-0.39, 0.29) is 5.57 Å². The Bertz CT molecular complexity index is 537. The fourth-order valence-electron chi connectivity index (χ4n) is 1.78. The van der Waals surface area contributed by atoms with Crippen LogP contribution in [-0.4, -0.2) is 5.71 Å². The number of nitrogens with one attached hydrogen (secondary N) is 1. The highest BCUT2D eigenvalue weighted by molar-refractivity contribution is 6.28. The maximum atomic E-state index is 8.80. The molecule has 0 bridgehead atoms. The molecule has 0 saturated heterocycles. The highest BCUT2D eigenvalue weighted by Crippen LogP contribution is 2.31. The zero-order valence-electron chi connectivity index (χ0n) is 7.91. The molecule has 1 aromatic rings. The minimum Gasteiger partial charge on any atom is -0.304 e. The van der Waals surface area contributed by atoms with Crippen molar-refractivity contribution in [3.63, 3.8) is 0 Å². The van der Waals surface area contributed by atoms with Crippen LogP contribution in [0.4, 0.5) is 0 Å². The second-order valence-electron chi connectivity index (χ2n) is 3.29. The average molecular weight is 193 g/mol. The number of nitriles is 2. The predicted molar refractivity (Wildman–Crippen MR) is 56.0 cm³/mol. The molecule has 0 radical (unpaired) electrons. The molecule has 1 aliphatic rings. The molecule has 0 heterocycles. The van der Waals surface area contributed by atoms with E-state index in [4.69, 9.17) is 15.9 Å². The number of fused-ring (bicyclic) bond motifs is 1. The van der Waals surface area contributed by atoms with Crippen LogP contribution in [0.25, 0.3) is 5.57 Å². The van der Waals surface area contributed by atoms with Crippen LogP contribution in [0, 0.1) is 28.1 Å². The van der Waals surface area contributed by atoms with E-state index in [2.05, 4.69) is 0 Å². The molecule has 0 unspecified atom stereocenters. The van der Waals surface area contributed by atoms with Crippen molar-refractivity contribution in [3.05, 3.63) is 41.0 Å². The molecule has 15 heavy (non-hydrogen) atoms. The molecule has 0 fully saturated rings. The monoisotopic (exact) mass is 193 g/mol. The van der Waals surface area contributed by atoms with E-state index in [0.717, 1.165) is 11.1 Å². The van der Waals surface area contributed by atoms with Gasteiger partial charge in [0, 0.05) is 17.7 Å². The standard InChI is InChI=1S/C12H7N3/c13-6-9(7-14)12-10-4-2-1-3-8(10)5-11(12)15/h1-4,15H,5H2. The Kier molecular flexibility index (Phi) is 2.08. The Morgan fingerprint density at radius 3 is 2.53 bits per heavy atom. The third-order valence-corrected chi connectivity index (χ3v) is 2.43. The van der Waals surface area contributed by atoms with Crippen LogP contribution >= 0.6 is 0 Å². The Hall–Kier alpha value is -2.39. The van der Waals surface area contributed by atoms with Gasteiger partial charge in [-0.1, -0.05) is 24.3 Å². The second-order valence-corrected chi connectivity index (χ2v) is 3.29. The smallest absolute Gasteiger partial charge is 0.139 e. The van der Waals surface area contributed by atoms with E-state index < -0.39 is 0 Å². The summed E-state index contributed by atoms with van der Waals surface area (Å²) in [7, 11) is 0. The summed E-state index contributed by atoms with van der Waals surface area (Å²) in [5.74, 6) is 0. The van der Waals surface area contributed by atoms with E-state index in [1.54, 1.807) is 0 Å². The van der Waals surface area contributed by atoms with E-state index in [0.29, 0.717) is 17.7 Å². The zero-order valence-corrected chi connectivity index (χ0v) is 7.91. The molecule has 0 aromatic heterocycles. The lowest BCUT2D eigenvalue weighted by Crippen LogP contribution is -1.95. The van der Waals surface area contributed by atoms with Gasteiger partial charge in [0.15, 0.2) is 0 Å². The van der Waals surface area contributed by atoms with Crippen molar-refractivity contribution in [3.8, 4) is 12.1 Å². The summed E-state index contributed by atoms with van der Waals surface area (Å²) in [6, 6.07) is 11.2. The molecule has 2 rings (SSSR count). The molecule has 0 aliphatic heterocycles. The van der Waals surface area contributed by atoms with Gasteiger partial charge in [-0.2, -0.15) is 10.5 Å². The van der Waals surface area contributed by atoms with Crippen LogP contribution in [0.1, 0.15) is 11.1 Å². The number of hydrogen-bond donors (Lipinski definition) is 1. The molecule has 70 valence electrons. The third-order valence-electron chi connectivity index (χ3n) is 2.43. The first-order valence-electron chi connectivity index (χ1n) is 4.48. The number of nitrogens with zero attached hydrogens (tertiary/aromatic N) is 2. The van der Waals surface area contributed by atoms with Gasteiger partial charge < -0.3 is 5.41 Å². The van der Waals surface area contributed by atoms with Crippen LogP contribution < -0.4 is 0 Å². The van der Waals surface area contributed by atoms with Crippen LogP contribution in [0.15, 0.2) is 29.8 Å². The summed E-state index contributed by atoms with van der Waals surface area (Å²) in [5.41, 5.74) is 2.75. The number of benzene rings is 1. The van der Waals surface area contributed by atoms with Gasteiger partial charge in [0.1, 0.15) is 17.7 Å². The van der Waals surface area contributed by atoms with Crippen LogP contribution in [0.2, 0.25) is 0 Å². The SMILES string of the molecule is N#CC(C#N)=C1C(=N)Cc2ccccc21. The lowest BCUT2D eigenvalue weighted by molar-refractivity contribution is 1.34. The van der Waals surface area contributed by atoms with Crippen molar-refractivity contribution < 1.29 is 0 Å². The van der Waals surface area contributed by atoms with Gasteiger partial charge in [-0.15, -0.1) is 0 Å². The van der Waals surface area contributed by atoms with Crippen molar-refractivity contribution in [1.29, 1.82) is 15.9 Å². The van der Waals surface area contributed by atoms with Gasteiger partial charge in [0.2, 0.25) is 0 Å². The minimum absolute atomic E-state index is 0.0324. The van der Waals surface area contributed by atoms with Crippen LogP contribution in [0.3, 0.4) is 0 Å². The van der Waals surface area contributed by atoms with Crippen LogP contribution in [-0.2, 0) is 6.42 Å². The molecule has 0 amide bonds. The first-order valence-corrected chi connectivity index (χ1v) is 4.48. The third kappa shape index (κ3) is 1.31. The maximum Gasteiger partial charge on any atom is 0.139 e. The van der Waals surface area contributed by atoms with Crippen molar-refractivity contribution in [2.75, 3.05) is 0 Å². The van der Waals surface area contributed by atoms with E-state index in [1.807, 2.05) is 36.4 Å². The molecule has 3 nitrogen and oxygen atoms in total. The van der Waals surface area contributed by atoms with E-state index in [9.17, 15) is 0 Å². The number of hydrogen-bond acceptors (Lipinski definition) is 3. The second kappa shape index (κ2) is 3.40. The first-order chi connectivity index (χ1) is 7.27. The lowest BCUT2D eigenvalue weighted by atomic mass is 10.0. The van der Waals surface area contributed by atoms with E-state index >= 15 is 0 Å². The van der Waals surface area contributed by atoms with Crippen LogP contribution in [0.5, 0.6) is 0 Å². The summed E-state index contributed by atoms with van der Waals surface area (Å²) >= 11 is 0. The zero-order chi connectivity index (χ0) is 10.8. The molecule has 0 atom stereocenters. The summed E-state index contributed by atoms with van der Waals surface area (Å²) in [6.07, 6.45) is 0.512. The Morgan fingerprint density at radius 2 is 1.87 bits per heavy atom. The van der Waals surface area contributed by atoms with Gasteiger partial charge in [-0.05, 0) is 11.1 Å². The van der Waals surface area contributed by atoms with E-state index in [1.165, 1.54) is 0 Å². The molecule has 3 heteroatoms. The summed E-state index contributed by atoms with van der Waals surface area (Å²) < 4.78 is 0. The quantitative estimate of drug-likeness (QED) is 0.640. The molecule has 1 aromatic carbocycles. The highest BCUT2D eigenvalue weighted by atomic mass is 14.5. The largest absolute Gasteiger partial charge is 0.304 e. The Morgan fingerprint density at radius 1 is 1.20 bits per heavy atom. The fourth-order valence-corrected chi connectivity index (χ4v) is 1.78. The summed E-state index contributed by atoms with van der Waals surface area (Å²) in [5, 5.41) is 25.4. The Labute approximate surface area is 87.4 Å². The highest BCUT2D eigenvalue weighted by Gasteiger charge is 2.24. The number of rotatable bonds is 0. The maximum absolute atomic E-state index is 8.80. The molecular weight excluding hydrogens is 186 g/mol. The summed E-state index contributed by atoms with van der Waals surface area (Å²) in [6.45, 7) is 0. The lowest BCUT2D eigenvalue weighted by Gasteiger charge is -1.98. The summed E-state index contributed by atoms with van der Waals surface area (Å²) in [4.78, 5) is 0. The van der Waals surface area contributed by atoms with Gasteiger partial charge in [-0.25, -0.2) is 0 Å². The first kappa shape index (κ1) is 9.18. The molecule has 0 spiro atoms. The van der Waals surface area contributed by atoms with Crippen molar-refractivity contribution in [1.82, 2.24) is 0 Å². The molecule has 1 N–H and O–H groups in total. The Balaban J connectivity index is 2.73. The van der Waals surface area contributed by atoms with Crippen molar-refractivity contribution >= 4 is 11.3 Å². The van der Waals surface area contributed by atoms with Gasteiger partial charge in [-0.3, -0.25) is 0 Å². The van der Waals surface area contributed by atoms with Crippen molar-refractivity contribution in [2.45, 2.75) is 6.42 Å². The molecule has 0 saturated carbocycles. The van der Waals surface area contributed by atoms with Gasteiger partial charge >= 0.3 is 0 Å². The fraction of sp³-hybridized carbons (Fsp3) is 0.0833. The molecular formula is C12H7N3.